The molecular formula is C14H24N4O. The van der Waals surface area contributed by atoms with E-state index in [0.717, 1.165) is 17.6 Å². The SMILES string of the molecule is C=C(C)C1=CC(NC(C)CC)N=CN=C1N(C)CO. The number of nitrogens with one attached hydrogen (secondary N) is 1. The molecule has 106 valence electrons. The number of rotatable bonds is 5. The van der Waals surface area contributed by atoms with Gasteiger partial charge in [0, 0.05) is 18.7 Å². The number of amidine groups is 1. The fraction of sp³-hybridized carbons (Fsp3) is 0.571. The van der Waals surface area contributed by atoms with Crippen LogP contribution in [0.4, 0.5) is 0 Å². The molecule has 2 unspecified atom stereocenters. The summed E-state index contributed by atoms with van der Waals surface area (Å²) in [4.78, 5) is 10.3. The van der Waals surface area contributed by atoms with Gasteiger partial charge in [-0.15, -0.1) is 0 Å². The van der Waals surface area contributed by atoms with Crippen molar-refractivity contribution >= 4 is 12.2 Å². The first kappa shape index (κ1) is 15.6. The van der Waals surface area contributed by atoms with Crippen LogP contribution in [-0.4, -0.2) is 48.2 Å². The van der Waals surface area contributed by atoms with Crippen molar-refractivity contribution in [3.05, 3.63) is 23.8 Å². The summed E-state index contributed by atoms with van der Waals surface area (Å²) in [6, 6.07) is 0.377. The highest BCUT2D eigenvalue weighted by atomic mass is 16.3. The molecule has 1 aliphatic heterocycles. The number of aliphatic hydroxyl groups excluding tert-OH is 1. The molecule has 0 saturated carbocycles. The van der Waals surface area contributed by atoms with Gasteiger partial charge in [-0.05, 0) is 31.9 Å². The van der Waals surface area contributed by atoms with Crippen LogP contribution in [-0.2, 0) is 0 Å². The minimum atomic E-state index is -0.116. The lowest BCUT2D eigenvalue weighted by Crippen LogP contribution is -2.34. The molecule has 19 heavy (non-hydrogen) atoms. The summed E-state index contributed by atoms with van der Waals surface area (Å²) in [7, 11) is 1.78. The Morgan fingerprint density at radius 2 is 2.32 bits per heavy atom. The van der Waals surface area contributed by atoms with Crippen molar-refractivity contribution in [2.24, 2.45) is 9.98 Å². The average molecular weight is 264 g/mol. The van der Waals surface area contributed by atoms with Crippen molar-refractivity contribution in [3.8, 4) is 0 Å². The van der Waals surface area contributed by atoms with Crippen molar-refractivity contribution in [1.29, 1.82) is 0 Å². The molecule has 2 atom stereocenters. The Morgan fingerprint density at radius 3 is 2.84 bits per heavy atom. The quantitative estimate of drug-likeness (QED) is 0.740. The maximum absolute atomic E-state index is 9.26. The van der Waals surface area contributed by atoms with Crippen LogP contribution in [0, 0.1) is 0 Å². The maximum Gasteiger partial charge on any atom is 0.139 e. The van der Waals surface area contributed by atoms with E-state index in [2.05, 4.69) is 35.7 Å². The van der Waals surface area contributed by atoms with Crippen molar-refractivity contribution in [2.45, 2.75) is 39.4 Å². The predicted octanol–water partition coefficient (Wildman–Crippen LogP) is 1.53. The number of aliphatic imine (C=N–C) groups is 2. The maximum atomic E-state index is 9.26. The van der Waals surface area contributed by atoms with Crippen LogP contribution in [0.15, 0.2) is 33.8 Å². The van der Waals surface area contributed by atoms with Crippen molar-refractivity contribution in [3.63, 3.8) is 0 Å². The van der Waals surface area contributed by atoms with E-state index in [4.69, 9.17) is 0 Å². The Kier molecular flexibility index (Phi) is 5.92. The van der Waals surface area contributed by atoms with Gasteiger partial charge in [0.2, 0.25) is 0 Å². The molecule has 0 radical (unpaired) electrons. The molecule has 5 nitrogen and oxygen atoms in total. The Morgan fingerprint density at radius 1 is 1.63 bits per heavy atom. The lowest BCUT2D eigenvalue weighted by molar-refractivity contribution is 0.192. The van der Waals surface area contributed by atoms with E-state index >= 15 is 0 Å². The third-order valence-electron chi connectivity index (χ3n) is 3.07. The fourth-order valence-corrected chi connectivity index (χ4v) is 1.71. The van der Waals surface area contributed by atoms with Crippen LogP contribution >= 0.6 is 0 Å². The van der Waals surface area contributed by atoms with Gasteiger partial charge in [-0.2, -0.15) is 0 Å². The Balaban J connectivity index is 3.00. The van der Waals surface area contributed by atoms with Crippen LogP contribution in [0.2, 0.25) is 0 Å². The molecule has 2 N–H and O–H groups in total. The van der Waals surface area contributed by atoms with Gasteiger partial charge in [0.05, 0.1) is 0 Å². The van der Waals surface area contributed by atoms with Crippen molar-refractivity contribution in [1.82, 2.24) is 10.2 Å². The van der Waals surface area contributed by atoms with E-state index < -0.39 is 0 Å². The summed E-state index contributed by atoms with van der Waals surface area (Å²) >= 11 is 0. The fourth-order valence-electron chi connectivity index (χ4n) is 1.71. The van der Waals surface area contributed by atoms with Gasteiger partial charge in [0.1, 0.15) is 25.1 Å². The van der Waals surface area contributed by atoms with Gasteiger partial charge in [-0.3, -0.25) is 10.3 Å². The summed E-state index contributed by atoms with van der Waals surface area (Å²) in [6.07, 6.45) is 4.46. The zero-order chi connectivity index (χ0) is 14.4. The molecule has 0 bridgehead atoms. The van der Waals surface area contributed by atoms with E-state index in [1.54, 1.807) is 11.9 Å². The molecule has 1 aliphatic rings. The number of hydrogen-bond donors (Lipinski definition) is 2. The lowest BCUT2D eigenvalue weighted by Gasteiger charge is -2.21. The van der Waals surface area contributed by atoms with Gasteiger partial charge in [0.15, 0.2) is 0 Å². The topological polar surface area (TPSA) is 60.2 Å². The highest BCUT2D eigenvalue weighted by Gasteiger charge is 2.17. The number of aliphatic hydroxyl groups is 1. The normalized spacial score (nSPS) is 20.4. The monoisotopic (exact) mass is 264 g/mol. The molecule has 0 aromatic carbocycles. The molecule has 0 saturated heterocycles. The first-order valence-electron chi connectivity index (χ1n) is 6.55. The van der Waals surface area contributed by atoms with Crippen LogP contribution in [0.1, 0.15) is 27.2 Å². The third kappa shape index (κ3) is 4.29. The largest absolute Gasteiger partial charge is 0.376 e. The zero-order valence-electron chi connectivity index (χ0n) is 12.2. The standard InChI is InChI=1S/C14H24N4O/c1-6-11(4)17-13-7-12(10(2)3)14(16-8-15-13)18(5)9-19/h7-8,11,13,17,19H,2,6,9H2,1,3-5H3. The molecule has 0 fully saturated rings. The molecule has 0 aliphatic carbocycles. The van der Waals surface area contributed by atoms with Crippen molar-refractivity contribution < 1.29 is 5.11 Å². The van der Waals surface area contributed by atoms with E-state index in [0.29, 0.717) is 11.9 Å². The highest BCUT2D eigenvalue weighted by Crippen LogP contribution is 2.15. The van der Waals surface area contributed by atoms with Crippen molar-refractivity contribution in [2.75, 3.05) is 13.8 Å². The molecule has 1 heterocycles. The summed E-state index contributed by atoms with van der Waals surface area (Å²) in [5.74, 6) is 0.687. The molecule has 1 rings (SSSR count). The van der Waals surface area contributed by atoms with Gasteiger partial charge in [0.25, 0.3) is 0 Å². The van der Waals surface area contributed by atoms with E-state index in [1.807, 2.05) is 13.0 Å². The van der Waals surface area contributed by atoms with Gasteiger partial charge in [-0.1, -0.05) is 13.5 Å². The number of hydrogen-bond acceptors (Lipinski definition) is 5. The average Bonchev–Trinajstić information content (AvgIpc) is 2.60. The summed E-state index contributed by atoms with van der Waals surface area (Å²) < 4.78 is 0. The van der Waals surface area contributed by atoms with Crippen LogP contribution in [0.5, 0.6) is 0 Å². The van der Waals surface area contributed by atoms with Gasteiger partial charge >= 0.3 is 0 Å². The minimum Gasteiger partial charge on any atom is -0.376 e. The van der Waals surface area contributed by atoms with Crippen LogP contribution in [0.3, 0.4) is 0 Å². The Labute approximate surface area is 115 Å². The number of nitrogens with zero attached hydrogens (tertiary/aromatic N) is 3. The first-order chi connectivity index (χ1) is 8.99. The molecule has 5 heteroatoms. The predicted molar refractivity (Wildman–Crippen MR) is 80.3 cm³/mol. The Bertz CT molecular complexity index is 412. The van der Waals surface area contributed by atoms with Crippen LogP contribution in [0.25, 0.3) is 0 Å². The van der Waals surface area contributed by atoms with Crippen LogP contribution < -0.4 is 5.32 Å². The van der Waals surface area contributed by atoms with Gasteiger partial charge < -0.3 is 10.0 Å². The number of likely N-dealkylation sites (N-methyl/N-ethyl adjacent to an activating group) is 1. The van der Waals surface area contributed by atoms with Gasteiger partial charge in [-0.25, -0.2) is 4.99 Å². The molecule has 0 spiro atoms. The summed E-state index contributed by atoms with van der Waals surface area (Å²) in [6.45, 7) is 10.1. The second kappa shape index (κ2) is 7.21. The highest BCUT2D eigenvalue weighted by molar-refractivity contribution is 6.05. The minimum absolute atomic E-state index is 0.0965. The molecule has 0 amide bonds. The zero-order valence-corrected chi connectivity index (χ0v) is 12.2. The van der Waals surface area contributed by atoms with E-state index in [9.17, 15) is 5.11 Å². The molecule has 0 aromatic rings. The molecular weight excluding hydrogens is 240 g/mol. The second-order valence-electron chi connectivity index (χ2n) is 4.84. The second-order valence-corrected chi connectivity index (χ2v) is 4.84. The van der Waals surface area contributed by atoms with E-state index in [1.165, 1.54) is 6.34 Å². The van der Waals surface area contributed by atoms with E-state index in [-0.39, 0.29) is 12.9 Å². The third-order valence-corrected chi connectivity index (χ3v) is 3.07. The Hall–Kier alpha value is -1.46. The first-order valence-corrected chi connectivity index (χ1v) is 6.55. The summed E-state index contributed by atoms with van der Waals surface area (Å²) in [5.41, 5.74) is 1.82. The molecule has 0 aromatic heterocycles. The summed E-state index contributed by atoms with van der Waals surface area (Å²) in [5, 5.41) is 12.7. The lowest BCUT2D eigenvalue weighted by atomic mass is 10.1. The smallest absolute Gasteiger partial charge is 0.139 e.